The van der Waals surface area contributed by atoms with Crippen LogP contribution in [0.5, 0.6) is 0 Å². The molecule has 1 aliphatic heterocycles. The first-order chi connectivity index (χ1) is 9.11. The Morgan fingerprint density at radius 1 is 1.47 bits per heavy atom. The molecule has 0 bridgehead atoms. The number of nitrogens with zero attached hydrogens (tertiary/aromatic N) is 1. The van der Waals surface area contributed by atoms with Gasteiger partial charge in [-0.3, -0.25) is 4.79 Å². The smallest absolute Gasteiger partial charge is 0.254 e. The largest absolute Gasteiger partial charge is 0.399 e. The molecule has 2 rings (SSSR count). The highest BCUT2D eigenvalue weighted by atomic mass is 79.9. The molecule has 1 aliphatic rings. The van der Waals surface area contributed by atoms with Crippen molar-refractivity contribution in [1.29, 1.82) is 0 Å². The highest BCUT2D eigenvalue weighted by Gasteiger charge is 2.29. The minimum Gasteiger partial charge on any atom is -0.399 e. The average molecular weight is 327 g/mol. The molecule has 1 fully saturated rings. The van der Waals surface area contributed by atoms with Gasteiger partial charge in [-0.2, -0.15) is 0 Å². The first-order valence-corrected chi connectivity index (χ1v) is 7.39. The number of rotatable bonds is 4. The maximum atomic E-state index is 12.5. The standard InChI is InChI=1S/C14H19BrN2O2/c15-11-7-10(8-12(16)9-11)14(19)17-5-1-3-13(17)4-2-6-18/h7-9,13,18H,1-6,16H2. The summed E-state index contributed by atoms with van der Waals surface area (Å²) >= 11 is 3.36. The third kappa shape index (κ3) is 3.48. The molecule has 0 radical (unpaired) electrons. The Morgan fingerprint density at radius 2 is 2.26 bits per heavy atom. The van der Waals surface area contributed by atoms with Crippen LogP contribution in [0.4, 0.5) is 5.69 Å². The lowest BCUT2D eigenvalue weighted by Crippen LogP contribution is -2.35. The van der Waals surface area contributed by atoms with Gasteiger partial charge in [0.15, 0.2) is 0 Å². The normalized spacial score (nSPS) is 18.8. The fourth-order valence-corrected chi connectivity index (χ4v) is 3.14. The zero-order valence-electron chi connectivity index (χ0n) is 10.8. The van der Waals surface area contributed by atoms with Crippen LogP contribution in [0.1, 0.15) is 36.0 Å². The molecule has 1 atom stereocenters. The van der Waals surface area contributed by atoms with Crippen molar-refractivity contribution in [3.05, 3.63) is 28.2 Å². The minimum absolute atomic E-state index is 0.0356. The topological polar surface area (TPSA) is 66.6 Å². The fourth-order valence-electron chi connectivity index (χ4n) is 2.63. The summed E-state index contributed by atoms with van der Waals surface area (Å²) in [6.07, 6.45) is 3.67. The zero-order valence-corrected chi connectivity index (χ0v) is 12.4. The molecule has 0 aliphatic carbocycles. The lowest BCUT2D eigenvalue weighted by atomic mass is 10.1. The summed E-state index contributed by atoms with van der Waals surface area (Å²) in [5.74, 6) is 0.0356. The van der Waals surface area contributed by atoms with E-state index in [2.05, 4.69) is 15.9 Å². The number of anilines is 1. The van der Waals surface area contributed by atoms with Crippen molar-refractivity contribution in [2.45, 2.75) is 31.7 Å². The summed E-state index contributed by atoms with van der Waals surface area (Å²) in [6.45, 7) is 0.976. The molecule has 0 spiro atoms. The van der Waals surface area contributed by atoms with Crippen LogP contribution in [0.2, 0.25) is 0 Å². The van der Waals surface area contributed by atoms with Crippen molar-refractivity contribution in [3.8, 4) is 0 Å². The number of amides is 1. The molecular formula is C14H19BrN2O2. The molecule has 0 saturated carbocycles. The molecule has 1 aromatic rings. The molecule has 5 heteroatoms. The van der Waals surface area contributed by atoms with Crippen molar-refractivity contribution in [2.24, 2.45) is 0 Å². The Hall–Kier alpha value is -1.07. The summed E-state index contributed by atoms with van der Waals surface area (Å²) in [5.41, 5.74) is 6.99. The van der Waals surface area contributed by atoms with Crippen molar-refractivity contribution in [3.63, 3.8) is 0 Å². The lowest BCUT2D eigenvalue weighted by molar-refractivity contribution is 0.0724. The summed E-state index contributed by atoms with van der Waals surface area (Å²) < 4.78 is 0.821. The monoisotopic (exact) mass is 326 g/mol. The van der Waals surface area contributed by atoms with Crippen LogP contribution in [0.25, 0.3) is 0 Å². The molecule has 19 heavy (non-hydrogen) atoms. The van der Waals surface area contributed by atoms with Crippen LogP contribution in [0.3, 0.4) is 0 Å². The van der Waals surface area contributed by atoms with Crippen LogP contribution in [-0.4, -0.2) is 35.1 Å². The maximum absolute atomic E-state index is 12.5. The van der Waals surface area contributed by atoms with Crippen LogP contribution in [0, 0.1) is 0 Å². The predicted octanol–water partition coefficient (Wildman–Crippen LogP) is 2.41. The molecule has 1 saturated heterocycles. The highest BCUT2D eigenvalue weighted by molar-refractivity contribution is 9.10. The molecule has 0 aromatic heterocycles. The highest BCUT2D eigenvalue weighted by Crippen LogP contribution is 2.25. The molecule has 104 valence electrons. The third-order valence-corrected chi connectivity index (χ3v) is 3.96. The number of carbonyl (C=O) groups is 1. The van der Waals surface area contributed by atoms with Gasteiger partial charge in [0.2, 0.25) is 0 Å². The lowest BCUT2D eigenvalue weighted by Gasteiger charge is -2.25. The summed E-state index contributed by atoms with van der Waals surface area (Å²) in [6, 6.07) is 5.55. The van der Waals surface area contributed by atoms with Crippen molar-refractivity contribution in [2.75, 3.05) is 18.9 Å². The number of benzene rings is 1. The Labute approximate surface area is 121 Å². The predicted molar refractivity (Wildman–Crippen MR) is 78.9 cm³/mol. The number of carbonyl (C=O) groups excluding carboxylic acids is 1. The second-order valence-electron chi connectivity index (χ2n) is 4.93. The average Bonchev–Trinajstić information content (AvgIpc) is 2.82. The van der Waals surface area contributed by atoms with Crippen LogP contribution < -0.4 is 5.73 Å². The van der Waals surface area contributed by atoms with E-state index in [0.717, 1.165) is 36.7 Å². The van der Waals surface area contributed by atoms with Gasteiger partial charge < -0.3 is 15.7 Å². The number of nitrogens with two attached hydrogens (primary N) is 1. The Balaban J connectivity index is 2.13. The quantitative estimate of drug-likeness (QED) is 0.835. The van der Waals surface area contributed by atoms with E-state index in [9.17, 15) is 4.79 Å². The molecule has 1 amide bonds. The number of hydrogen-bond donors (Lipinski definition) is 2. The van der Waals surface area contributed by atoms with Crippen LogP contribution in [0.15, 0.2) is 22.7 Å². The van der Waals surface area contributed by atoms with Gasteiger partial charge in [0.25, 0.3) is 5.91 Å². The van der Waals surface area contributed by atoms with E-state index in [0.29, 0.717) is 11.3 Å². The van der Waals surface area contributed by atoms with Gasteiger partial charge in [0.1, 0.15) is 0 Å². The SMILES string of the molecule is Nc1cc(Br)cc(C(=O)N2CCCC2CCCO)c1. The second kappa shape index (κ2) is 6.39. The molecule has 4 nitrogen and oxygen atoms in total. The summed E-state index contributed by atoms with van der Waals surface area (Å²) in [5, 5.41) is 8.92. The van der Waals surface area contributed by atoms with Crippen LogP contribution >= 0.6 is 15.9 Å². The van der Waals surface area contributed by atoms with Crippen molar-refractivity contribution >= 4 is 27.5 Å². The Bertz CT molecular complexity index is 445. The zero-order chi connectivity index (χ0) is 13.8. The van der Waals surface area contributed by atoms with Crippen molar-refractivity contribution < 1.29 is 9.90 Å². The van der Waals surface area contributed by atoms with Crippen molar-refractivity contribution in [1.82, 2.24) is 4.90 Å². The van der Waals surface area contributed by atoms with E-state index in [1.54, 1.807) is 18.2 Å². The van der Waals surface area contributed by atoms with Gasteiger partial charge in [-0.1, -0.05) is 15.9 Å². The Kier molecular flexibility index (Phi) is 4.82. The number of hydrogen-bond acceptors (Lipinski definition) is 3. The van der Waals surface area contributed by atoms with Gasteiger partial charge in [-0.15, -0.1) is 0 Å². The number of likely N-dealkylation sites (tertiary alicyclic amines) is 1. The molecule has 1 unspecified atom stereocenters. The number of aliphatic hydroxyl groups is 1. The summed E-state index contributed by atoms with van der Waals surface area (Å²) in [4.78, 5) is 14.4. The number of nitrogen functional groups attached to an aromatic ring is 1. The van der Waals surface area contributed by atoms with Gasteiger partial charge in [-0.05, 0) is 43.9 Å². The van der Waals surface area contributed by atoms with Gasteiger partial charge in [0.05, 0.1) is 0 Å². The second-order valence-corrected chi connectivity index (χ2v) is 5.85. The van der Waals surface area contributed by atoms with E-state index in [1.165, 1.54) is 0 Å². The molecular weight excluding hydrogens is 308 g/mol. The van der Waals surface area contributed by atoms with E-state index in [1.807, 2.05) is 4.90 Å². The van der Waals surface area contributed by atoms with E-state index in [-0.39, 0.29) is 18.6 Å². The van der Waals surface area contributed by atoms with E-state index >= 15 is 0 Å². The van der Waals surface area contributed by atoms with Gasteiger partial charge in [-0.25, -0.2) is 0 Å². The summed E-state index contributed by atoms with van der Waals surface area (Å²) in [7, 11) is 0. The van der Waals surface area contributed by atoms with Gasteiger partial charge >= 0.3 is 0 Å². The molecule has 3 N–H and O–H groups in total. The first-order valence-electron chi connectivity index (χ1n) is 6.59. The van der Waals surface area contributed by atoms with Gasteiger partial charge in [0, 0.05) is 34.9 Å². The van der Waals surface area contributed by atoms with Crippen LogP contribution in [-0.2, 0) is 0 Å². The van der Waals surface area contributed by atoms with E-state index in [4.69, 9.17) is 10.8 Å². The van der Waals surface area contributed by atoms with E-state index < -0.39 is 0 Å². The molecule has 1 aromatic carbocycles. The number of aliphatic hydroxyl groups excluding tert-OH is 1. The fraction of sp³-hybridized carbons (Fsp3) is 0.500. The maximum Gasteiger partial charge on any atom is 0.254 e. The Morgan fingerprint density at radius 3 is 2.95 bits per heavy atom. The minimum atomic E-state index is 0.0356. The number of halogens is 1. The molecule has 1 heterocycles. The third-order valence-electron chi connectivity index (χ3n) is 3.50. The first kappa shape index (κ1) is 14.3.